The zero-order chi connectivity index (χ0) is 16.9. The van der Waals surface area contributed by atoms with E-state index in [4.69, 9.17) is 4.74 Å². The van der Waals surface area contributed by atoms with E-state index < -0.39 is 5.97 Å². The van der Waals surface area contributed by atoms with Gasteiger partial charge in [-0.25, -0.2) is 0 Å². The van der Waals surface area contributed by atoms with Crippen LogP contribution in [0.3, 0.4) is 0 Å². The van der Waals surface area contributed by atoms with Crippen molar-refractivity contribution in [1.29, 1.82) is 0 Å². The molecule has 1 saturated heterocycles. The average Bonchev–Trinajstić information content (AvgIpc) is 2.61. The Labute approximate surface area is 143 Å². The highest BCUT2D eigenvalue weighted by Crippen LogP contribution is 2.31. The summed E-state index contributed by atoms with van der Waals surface area (Å²) < 4.78 is 5.97. The quantitative estimate of drug-likeness (QED) is 0.873. The molecule has 0 saturated carbocycles. The van der Waals surface area contributed by atoms with E-state index in [9.17, 15) is 9.90 Å². The zero-order valence-corrected chi connectivity index (χ0v) is 14.2. The molecular formula is C20H25NO3. The number of piperidine rings is 1. The number of likely N-dealkylation sites (tertiary alicyclic amines) is 1. The Morgan fingerprint density at radius 2 is 2.12 bits per heavy atom. The highest BCUT2D eigenvalue weighted by Gasteiger charge is 2.26. The molecule has 3 rings (SSSR count). The first kappa shape index (κ1) is 16.8. The Kier molecular flexibility index (Phi) is 5.36. The van der Waals surface area contributed by atoms with Gasteiger partial charge in [0.05, 0.1) is 12.5 Å². The number of fused-ring (bicyclic) bond motifs is 1. The van der Waals surface area contributed by atoms with Crippen LogP contribution in [-0.4, -0.2) is 35.7 Å². The van der Waals surface area contributed by atoms with Gasteiger partial charge in [-0.2, -0.15) is 0 Å². The molecule has 4 nitrogen and oxygen atoms in total. The maximum atomic E-state index is 11.3. The van der Waals surface area contributed by atoms with Crippen LogP contribution in [0.4, 0.5) is 0 Å². The summed E-state index contributed by atoms with van der Waals surface area (Å²) in [5.74, 6) is -0.0122. The third kappa shape index (κ3) is 3.70. The predicted molar refractivity (Wildman–Crippen MR) is 95.4 cm³/mol. The topological polar surface area (TPSA) is 49.8 Å². The molecule has 1 aliphatic rings. The van der Waals surface area contributed by atoms with Gasteiger partial charge in [0, 0.05) is 18.7 Å². The van der Waals surface area contributed by atoms with Crippen LogP contribution in [0.25, 0.3) is 10.8 Å². The van der Waals surface area contributed by atoms with E-state index in [0.717, 1.165) is 38.1 Å². The molecule has 0 spiro atoms. The van der Waals surface area contributed by atoms with Crippen molar-refractivity contribution < 1.29 is 14.6 Å². The maximum Gasteiger partial charge on any atom is 0.307 e. The van der Waals surface area contributed by atoms with E-state index in [1.54, 1.807) is 0 Å². The van der Waals surface area contributed by atoms with Crippen LogP contribution in [0.2, 0.25) is 0 Å². The summed E-state index contributed by atoms with van der Waals surface area (Å²) in [6, 6.07) is 12.5. The summed E-state index contributed by atoms with van der Waals surface area (Å²) in [6.45, 7) is 5.10. The van der Waals surface area contributed by atoms with Crippen molar-refractivity contribution in [3.8, 4) is 5.75 Å². The Bertz CT molecular complexity index is 713. The van der Waals surface area contributed by atoms with Crippen LogP contribution in [0.5, 0.6) is 5.75 Å². The third-order valence-corrected chi connectivity index (χ3v) is 4.70. The van der Waals surface area contributed by atoms with Crippen LogP contribution in [0.15, 0.2) is 36.4 Å². The number of ether oxygens (including phenoxy) is 1. The monoisotopic (exact) mass is 327 g/mol. The lowest BCUT2D eigenvalue weighted by Gasteiger charge is -2.31. The third-order valence-electron chi connectivity index (χ3n) is 4.70. The fourth-order valence-corrected chi connectivity index (χ4v) is 3.45. The lowest BCUT2D eigenvalue weighted by molar-refractivity contribution is -0.143. The first-order valence-corrected chi connectivity index (χ1v) is 8.77. The minimum Gasteiger partial charge on any atom is -0.493 e. The number of benzene rings is 2. The summed E-state index contributed by atoms with van der Waals surface area (Å²) in [6.07, 6.45) is 2.69. The second-order valence-corrected chi connectivity index (χ2v) is 6.52. The van der Waals surface area contributed by atoms with Gasteiger partial charge in [-0.3, -0.25) is 9.69 Å². The van der Waals surface area contributed by atoms with E-state index in [1.807, 2.05) is 18.2 Å². The van der Waals surface area contributed by atoms with Crippen LogP contribution in [0, 0.1) is 5.92 Å². The standard InChI is InChI=1S/C20H25NO3/c1-2-12-24-19-10-9-15-6-3-4-8-17(15)18(19)14-21-11-5-7-16(13-21)20(22)23/h3-4,6,8-10,16H,2,5,7,11-14H2,1H3,(H,22,23). The molecule has 1 aliphatic heterocycles. The molecule has 0 amide bonds. The maximum absolute atomic E-state index is 11.3. The number of aliphatic carboxylic acids is 1. The fraction of sp³-hybridized carbons (Fsp3) is 0.450. The first-order chi connectivity index (χ1) is 11.7. The number of hydrogen-bond donors (Lipinski definition) is 1. The van der Waals surface area contributed by atoms with Crippen molar-refractivity contribution >= 4 is 16.7 Å². The molecule has 1 heterocycles. The van der Waals surface area contributed by atoms with Crippen molar-refractivity contribution in [2.75, 3.05) is 19.7 Å². The van der Waals surface area contributed by atoms with Gasteiger partial charge in [0.2, 0.25) is 0 Å². The molecule has 1 atom stereocenters. The Morgan fingerprint density at radius 1 is 1.29 bits per heavy atom. The summed E-state index contributed by atoms with van der Waals surface area (Å²) in [5.41, 5.74) is 1.17. The van der Waals surface area contributed by atoms with Gasteiger partial charge in [0.25, 0.3) is 0 Å². The molecule has 2 aromatic rings. The van der Waals surface area contributed by atoms with Crippen LogP contribution >= 0.6 is 0 Å². The molecule has 24 heavy (non-hydrogen) atoms. The Morgan fingerprint density at radius 3 is 2.92 bits per heavy atom. The number of carboxylic acid groups (broad SMARTS) is 1. The number of carbonyl (C=O) groups is 1. The summed E-state index contributed by atoms with van der Waals surface area (Å²) >= 11 is 0. The zero-order valence-electron chi connectivity index (χ0n) is 14.2. The molecule has 4 heteroatoms. The van der Waals surface area contributed by atoms with E-state index in [2.05, 4.69) is 30.0 Å². The van der Waals surface area contributed by atoms with Crippen molar-refractivity contribution in [3.63, 3.8) is 0 Å². The fourth-order valence-electron chi connectivity index (χ4n) is 3.45. The lowest BCUT2D eigenvalue weighted by Crippen LogP contribution is -2.38. The molecule has 0 radical (unpaired) electrons. The minimum absolute atomic E-state index is 0.256. The molecule has 0 bridgehead atoms. The molecule has 1 N–H and O–H groups in total. The van der Waals surface area contributed by atoms with Crippen molar-refractivity contribution in [2.45, 2.75) is 32.7 Å². The van der Waals surface area contributed by atoms with Gasteiger partial charge in [0.1, 0.15) is 5.75 Å². The van der Waals surface area contributed by atoms with Gasteiger partial charge in [-0.1, -0.05) is 37.3 Å². The summed E-state index contributed by atoms with van der Waals surface area (Å²) in [4.78, 5) is 13.6. The minimum atomic E-state index is -0.680. The average molecular weight is 327 g/mol. The smallest absolute Gasteiger partial charge is 0.307 e. The number of hydrogen-bond acceptors (Lipinski definition) is 3. The number of rotatable bonds is 6. The van der Waals surface area contributed by atoms with Crippen molar-refractivity contribution in [2.24, 2.45) is 5.92 Å². The second kappa shape index (κ2) is 7.67. The first-order valence-electron chi connectivity index (χ1n) is 8.77. The Hall–Kier alpha value is -2.07. The normalized spacial score (nSPS) is 18.6. The molecule has 0 aliphatic carbocycles. The number of carboxylic acids is 1. The summed E-state index contributed by atoms with van der Waals surface area (Å²) in [7, 11) is 0. The van der Waals surface area contributed by atoms with Crippen LogP contribution in [-0.2, 0) is 11.3 Å². The largest absolute Gasteiger partial charge is 0.493 e. The van der Waals surface area contributed by atoms with E-state index in [-0.39, 0.29) is 5.92 Å². The lowest BCUT2D eigenvalue weighted by atomic mass is 9.96. The molecule has 128 valence electrons. The summed E-state index contributed by atoms with van der Waals surface area (Å²) in [5, 5.41) is 11.7. The van der Waals surface area contributed by atoms with E-state index in [1.165, 1.54) is 16.3 Å². The van der Waals surface area contributed by atoms with Crippen molar-refractivity contribution in [3.05, 3.63) is 42.0 Å². The van der Waals surface area contributed by atoms with Gasteiger partial charge in [-0.05, 0) is 42.6 Å². The van der Waals surface area contributed by atoms with Gasteiger partial charge >= 0.3 is 5.97 Å². The molecule has 1 fully saturated rings. The SMILES string of the molecule is CCCOc1ccc2ccccc2c1CN1CCCC(C(=O)O)C1. The van der Waals surface area contributed by atoms with Gasteiger partial charge in [0.15, 0.2) is 0 Å². The molecule has 0 aromatic heterocycles. The highest BCUT2D eigenvalue weighted by atomic mass is 16.5. The van der Waals surface area contributed by atoms with Gasteiger partial charge < -0.3 is 9.84 Å². The van der Waals surface area contributed by atoms with E-state index >= 15 is 0 Å². The number of nitrogens with zero attached hydrogens (tertiary/aromatic N) is 1. The molecular weight excluding hydrogens is 302 g/mol. The molecule has 1 unspecified atom stereocenters. The van der Waals surface area contributed by atoms with Crippen LogP contribution < -0.4 is 4.74 Å². The van der Waals surface area contributed by atoms with Crippen molar-refractivity contribution in [1.82, 2.24) is 4.90 Å². The highest BCUT2D eigenvalue weighted by molar-refractivity contribution is 5.87. The molecule has 2 aromatic carbocycles. The van der Waals surface area contributed by atoms with Crippen LogP contribution in [0.1, 0.15) is 31.7 Å². The second-order valence-electron chi connectivity index (χ2n) is 6.52. The predicted octanol–water partition coefficient (Wildman–Crippen LogP) is 3.93. The van der Waals surface area contributed by atoms with E-state index in [0.29, 0.717) is 13.2 Å². The van der Waals surface area contributed by atoms with Gasteiger partial charge in [-0.15, -0.1) is 0 Å². The Balaban J connectivity index is 1.89.